The van der Waals surface area contributed by atoms with Crippen LogP contribution >= 0.6 is 0 Å². The molecule has 1 fully saturated rings. The number of anilines is 2. The number of fused-ring (bicyclic) bond motifs is 1. The fourth-order valence-corrected chi connectivity index (χ4v) is 3.75. The minimum Gasteiger partial charge on any atom is -0.464 e. The second-order valence-electron chi connectivity index (χ2n) is 7.93. The first-order valence-electron chi connectivity index (χ1n) is 10.3. The molecule has 33 heavy (non-hydrogen) atoms. The van der Waals surface area contributed by atoms with Crippen molar-refractivity contribution in [2.24, 2.45) is 5.92 Å². The maximum absolute atomic E-state index is 14.1. The molecule has 0 spiro atoms. The van der Waals surface area contributed by atoms with Crippen LogP contribution < -0.4 is 10.2 Å². The van der Waals surface area contributed by atoms with E-state index < -0.39 is 29.5 Å². The molecule has 7 nitrogen and oxygen atoms in total. The first-order valence-corrected chi connectivity index (χ1v) is 10.3. The van der Waals surface area contributed by atoms with Gasteiger partial charge in [-0.1, -0.05) is 6.92 Å². The zero-order valence-electron chi connectivity index (χ0n) is 17.9. The van der Waals surface area contributed by atoms with Crippen molar-refractivity contribution < 1.29 is 27.5 Å². The number of ether oxygens (including phenoxy) is 1. The van der Waals surface area contributed by atoms with Crippen molar-refractivity contribution >= 4 is 34.3 Å². The van der Waals surface area contributed by atoms with E-state index >= 15 is 0 Å². The number of piperidine rings is 1. The number of carbonyl (C=O) groups excluding carboxylic acids is 2. The Bertz CT molecular complexity index is 1230. The average molecular weight is 458 g/mol. The van der Waals surface area contributed by atoms with E-state index in [0.717, 1.165) is 0 Å². The van der Waals surface area contributed by atoms with Gasteiger partial charge in [-0.2, -0.15) is 0 Å². The molecular formula is C23H21F3N4O3. The smallest absolute Gasteiger partial charge is 0.356 e. The van der Waals surface area contributed by atoms with Crippen molar-refractivity contribution in [1.82, 2.24) is 9.97 Å². The number of pyridine rings is 2. The number of nitrogens with one attached hydrogen (secondary N) is 1. The Kier molecular flexibility index (Phi) is 5.92. The van der Waals surface area contributed by atoms with E-state index in [1.165, 1.54) is 56.6 Å². The molecule has 0 bridgehead atoms. The fraction of sp³-hybridized carbons (Fsp3) is 0.304. The van der Waals surface area contributed by atoms with Crippen molar-refractivity contribution in [1.29, 1.82) is 0 Å². The third-order valence-electron chi connectivity index (χ3n) is 5.64. The Labute approximate surface area is 187 Å². The second kappa shape index (κ2) is 8.68. The van der Waals surface area contributed by atoms with Crippen LogP contribution in [0.15, 0.2) is 42.6 Å². The lowest BCUT2D eigenvalue weighted by molar-refractivity contribution is -0.0652. The summed E-state index contributed by atoms with van der Waals surface area (Å²) >= 11 is 0. The molecule has 1 atom stereocenters. The normalized spacial score (nSPS) is 17.6. The van der Waals surface area contributed by atoms with Crippen molar-refractivity contribution in [2.45, 2.75) is 19.3 Å². The molecule has 4 rings (SSSR count). The van der Waals surface area contributed by atoms with Gasteiger partial charge in [0.15, 0.2) is 0 Å². The molecule has 3 heterocycles. The number of methoxy groups -OCH3 is 1. The summed E-state index contributed by atoms with van der Waals surface area (Å²) in [6.45, 7) is 1.47. The molecule has 1 aliphatic rings. The van der Waals surface area contributed by atoms with Crippen molar-refractivity contribution in [3.05, 3.63) is 59.7 Å². The number of aromatic nitrogens is 2. The van der Waals surface area contributed by atoms with E-state index in [-0.39, 0.29) is 42.3 Å². The van der Waals surface area contributed by atoms with Crippen molar-refractivity contribution in [3.63, 3.8) is 0 Å². The third-order valence-corrected chi connectivity index (χ3v) is 5.64. The van der Waals surface area contributed by atoms with E-state index in [1.54, 1.807) is 4.90 Å². The monoisotopic (exact) mass is 458 g/mol. The highest BCUT2D eigenvalue weighted by molar-refractivity contribution is 6.09. The lowest BCUT2D eigenvalue weighted by atomic mass is 9.95. The summed E-state index contributed by atoms with van der Waals surface area (Å²) in [5, 5.41) is 3.06. The molecule has 3 aromatic rings. The summed E-state index contributed by atoms with van der Waals surface area (Å²) in [6, 6.07) is 8.29. The van der Waals surface area contributed by atoms with Gasteiger partial charge in [-0.25, -0.2) is 27.9 Å². The first kappa shape index (κ1) is 22.5. The number of rotatable bonds is 4. The SMILES string of the molecule is COC(=O)c1cc(NC(=O)c2cc3cc(F)ccc3nc2N2CCC(F)(F)C(C)C2)ccn1. The minimum atomic E-state index is -2.81. The quantitative estimate of drug-likeness (QED) is 0.588. The maximum atomic E-state index is 14.1. The molecule has 1 amide bonds. The van der Waals surface area contributed by atoms with Gasteiger partial charge in [0.1, 0.15) is 17.3 Å². The summed E-state index contributed by atoms with van der Waals surface area (Å²) in [7, 11) is 1.21. The van der Waals surface area contributed by atoms with Crippen LogP contribution in [0.5, 0.6) is 0 Å². The molecule has 2 aromatic heterocycles. The average Bonchev–Trinajstić information content (AvgIpc) is 2.79. The van der Waals surface area contributed by atoms with Crippen LogP contribution in [0.25, 0.3) is 10.9 Å². The molecule has 1 aromatic carbocycles. The number of hydrogen-bond acceptors (Lipinski definition) is 6. The van der Waals surface area contributed by atoms with Gasteiger partial charge < -0.3 is 15.0 Å². The number of alkyl halides is 2. The van der Waals surface area contributed by atoms with Crippen LogP contribution in [0, 0.1) is 11.7 Å². The topological polar surface area (TPSA) is 84.4 Å². The fourth-order valence-electron chi connectivity index (χ4n) is 3.75. The molecule has 172 valence electrons. The highest BCUT2D eigenvalue weighted by Gasteiger charge is 2.42. The first-order chi connectivity index (χ1) is 15.7. The van der Waals surface area contributed by atoms with E-state index in [9.17, 15) is 22.8 Å². The molecule has 0 radical (unpaired) electrons. The highest BCUT2D eigenvalue weighted by Crippen LogP contribution is 2.36. The second-order valence-corrected chi connectivity index (χ2v) is 7.93. The van der Waals surface area contributed by atoms with Gasteiger partial charge in [-0.05, 0) is 36.4 Å². The van der Waals surface area contributed by atoms with Crippen LogP contribution in [0.2, 0.25) is 0 Å². The summed E-state index contributed by atoms with van der Waals surface area (Å²) in [6.07, 6.45) is 0.969. The van der Waals surface area contributed by atoms with Gasteiger partial charge in [0.2, 0.25) is 0 Å². The number of esters is 1. The number of hydrogen-bond donors (Lipinski definition) is 1. The molecule has 1 N–H and O–H groups in total. The Morgan fingerprint density at radius 2 is 2.00 bits per heavy atom. The van der Waals surface area contributed by atoms with Gasteiger partial charge in [0, 0.05) is 42.7 Å². The van der Waals surface area contributed by atoms with Crippen LogP contribution in [0.1, 0.15) is 34.2 Å². The van der Waals surface area contributed by atoms with Gasteiger partial charge in [-0.3, -0.25) is 4.79 Å². The van der Waals surface area contributed by atoms with E-state index in [1.807, 2.05) is 0 Å². The lowest BCUT2D eigenvalue weighted by Crippen LogP contribution is -2.46. The zero-order valence-corrected chi connectivity index (χ0v) is 17.9. The molecule has 0 aliphatic carbocycles. The Hall–Kier alpha value is -3.69. The van der Waals surface area contributed by atoms with Crippen LogP contribution in [0.3, 0.4) is 0 Å². The number of nitrogens with zero attached hydrogens (tertiary/aromatic N) is 3. The standard InChI is InChI=1S/C23H21F3N4O3/c1-13-12-30(8-6-23(13,25)26)20-17(10-14-9-15(24)3-4-18(14)29-20)21(31)28-16-5-7-27-19(11-16)22(32)33-2/h3-5,7,9-11,13H,6,8,12H2,1-2H3,(H,27,28,31). The number of carbonyl (C=O) groups is 2. The zero-order chi connectivity index (χ0) is 23.8. The van der Waals surface area contributed by atoms with E-state index in [0.29, 0.717) is 10.9 Å². The Balaban J connectivity index is 1.73. The molecule has 1 aliphatic heterocycles. The predicted molar refractivity (Wildman–Crippen MR) is 116 cm³/mol. The van der Waals surface area contributed by atoms with Gasteiger partial charge in [0.25, 0.3) is 11.8 Å². The molecule has 0 saturated carbocycles. The van der Waals surface area contributed by atoms with Crippen LogP contribution in [0.4, 0.5) is 24.7 Å². The molecular weight excluding hydrogens is 437 g/mol. The lowest BCUT2D eigenvalue weighted by Gasteiger charge is -2.38. The highest BCUT2D eigenvalue weighted by atomic mass is 19.3. The number of benzene rings is 1. The van der Waals surface area contributed by atoms with Crippen molar-refractivity contribution in [3.8, 4) is 0 Å². The summed E-state index contributed by atoms with van der Waals surface area (Å²) < 4.78 is 46.5. The Morgan fingerprint density at radius 3 is 2.73 bits per heavy atom. The number of amides is 1. The van der Waals surface area contributed by atoms with Crippen molar-refractivity contribution in [2.75, 3.05) is 30.4 Å². The Morgan fingerprint density at radius 1 is 1.21 bits per heavy atom. The predicted octanol–water partition coefficient (Wildman–Crippen LogP) is 4.29. The molecule has 1 saturated heterocycles. The number of halogens is 3. The molecule has 1 unspecified atom stereocenters. The van der Waals surface area contributed by atoms with Gasteiger partial charge in [-0.15, -0.1) is 0 Å². The van der Waals surface area contributed by atoms with Gasteiger partial charge >= 0.3 is 5.97 Å². The summed E-state index contributed by atoms with van der Waals surface area (Å²) in [5.74, 6) is -5.26. The van der Waals surface area contributed by atoms with E-state index in [2.05, 4.69) is 20.0 Å². The molecule has 10 heteroatoms. The van der Waals surface area contributed by atoms with Gasteiger partial charge in [0.05, 0.1) is 18.2 Å². The minimum absolute atomic E-state index is 0.00122. The van der Waals surface area contributed by atoms with Crippen LogP contribution in [-0.4, -0.2) is 48.0 Å². The third kappa shape index (κ3) is 4.59. The summed E-state index contributed by atoms with van der Waals surface area (Å²) in [4.78, 5) is 35.0. The summed E-state index contributed by atoms with van der Waals surface area (Å²) in [5.41, 5.74) is 0.812. The maximum Gasteiger partial charge on any atom is 0.356 e. The van der Waals surface area contributed by atoms with E-state index in [4.69, 9.17) is 0 Å². The van der Waals surface area contributed by atoms with Crippen LogP contribution in [-0.2, 0) is 4.74 Å². The largest absolute Gasteiger partial charge is 0.464 e.